The van der Waals surface area contributed by atoms with Crippen molar-refractivity contribution in [3.8, 4) is 11.3 Å². The van der Waals surface area contributed by atoms with Gasteiger partial charge in [0, 0.05) is 37.2 Å². The summed E-state index contributed by atoms with van der Waals surface area (Å²) in [6.45, 7) is 2.79. The molecule has 1 N–H and O–H groups in total. The van der Waals surface area contributed by atoms with Crippen LogP contribution in [0.2, 0.25) is 0 Å². The summed E-state index contributed by atoms with van der Waals surface area (Å²) in [6, 6.07) is 13.7. The van der Waals surface area contributed by atoms with Gasteiger partial charge in [-0.25, -0.2) is 4.79 Å². The molecule has 1 fully saturated rings. The van der Waals surface area contributed by atoms with Crippen LogP contribution in [0, 0.1) is 6.92 Å². The zero-order valence-corrected chi connectivity index (χ0v) is 15.6. The van der Waals surface area contributed by atoms with Crippen molar-refractivity contribution < 1.29 is 4.79 Å². The number of pyridine rings is 1. The number of nitrogens with zero attached hydrogens (tertiary/aromatic N) is 4. The maximum absolute atomic E-state index is 12.9. The number of carbonyl (C=O) groups excluding carboxylic acids is 1. The van der Waals surface area contributed by atoms with Crippen molar-refractivity contribution in [1.82, 2.24) is 19.7 Å². The number of likely N-dealkylation sites (tertiary alicyclic amines) is 1. The van der Waals surface area contributed by atoms with Crippen LogP contribution in [0.3, 0.4) is 0 Å². The van der Waals surface area contributed by atoms with Crippen molar-refractivity contribution in [2.24, 2.45) is 7.05 Å². The quantitative estimate of drug-likeness (QED) is 0.762. The standard InChI is InChI=1S/C21H23N5O/c1-15-8-9-16(14-17(15)18-6-3-4-11-22-18)23-21(27)26-12-5-7-20(26)19-10-13-25(2)24-19/h3-4,6,8-11,13-14,20H,5,7,12H2,1-2H3,(H,23,27)/t20-/m1/s1. The average molecular weight is 361 g/mol. The van der Waals surface area contributed by atoms with Gasteiger partial charge in [-0.3, -0.25) is 9.67 Å². The van der Waals surface area contributed by atoms with Crippen LogP contribution < -0.4 is 5.32 Å². The first kappa shape index (κ1) is 17.3. The van der Waals surface area contributed by atoms with Gasteiger partial charge in [-0.1, -0.05) is 12.1 Å². The molecule has 2 amide bonds. The first-order valence-electron chi connectivity index (χ1n) is 9.21. The van der Waals surface area contributed by atoms with Crippen molar-refractivity contribution in [2.75, 3.05) is 11.9 Å². The zero-order valence-electron chi connectivity index (χ0n) is 15.6. The summed E-state index contributed by atoms with van der Waals surface area (Å²) in [5.41, 5.74) is 4.77. The molecule has 3 aromatic rings. The smallest absolute Gasteiger partial charge is 0.316 e. The number of benzene rings is 1. The van der Waals surface area contributed by atoms with Crippen LogP contribution in [0.15, 0.2) is 54.9 Å². The molecule has 1 atom stereocenters. The van der Waals surface area contributed by atoms with Crippen LogP contribution in [-0.2, 0) is 7.05 Å². The molecular formula is C21H23N5O. The highest BCUT2D eigenvalue weighted by molar-refractivity contribution is 5.90. The van der Waals surface area contributed by atoms with E-state index in [1.807, 2.05) is 67.5 Å². The van der Waals surface area contributed by atoms with Crippen LogP contribution in [0.1, 0.15) is 30.1 Å². The highest BCUT2D eigenvalue weighted by Gasteiger charge is 2.31. The van der Waals surface area contributed by atoms with E-state index in [4.69, 9.17) is 0 Å². The summed E-state index contributed by atoms with van der Waals surface area (Å²) in [7, 11) is 1.90. The minimum atomic E-state index is -0.0843. The van der Waals surface area contributed by atoms with Gasteiger partial charge in [0.25, 0.3) is 0 Å². The van der Waals surface area contributed by atoms with Crippen molar-refractivity contribution in [1.29, 1.82) is 0 Å². The van der Waals surface area contributed by atoms with Crippen LogP contribution in [0.25, 0.3) is 11.3 Å². The minimum Gasteiger partial charge on any atom is -0.316 e. The van der Waals surface area contributed by atoms with E-state index in [1.165, 1.54) is 0 Å². The van der Waals surface area contributed by atoms with E-state index in [2.05, 4.69) is 15.4 Å². The maximum atomic E-state index is 12.9. The molecule has 3 heterocycles. The Bertz CT molecular complexity index is 950. The lowest BCUT2D eigenvalue weighted by Gasteiger charge is -2.24. The van der Waals surface area contributed by atoms with Crippen LogP contribution in [0.4, 0.5) is 10.5 Å². The predicted octanol–water partition coefficient (Wildman–Crippen LogP) is 4.16. The molecule has 0 saturated carbocycles. The van der Waals surface area contributed by atoms with Gasteiger partial charge in [-0.05, 0) is 55.7 Å². The Morgan fingerprint density at radius 3 is 2.85 bits per heavy atom. The van der Waals surface area contributed by atoms with Gasteiger partial charge in [-0.2, -0.15) is 5.10 Å². The molecule has 0 aliphatic carbocycles. The van der Waals surface area contributed by atoms with Crippen molar-refractivity contribution in [3.63, 3.8) is 0 Å². The highest BCUT2D eigenvalue weighted by atomic mass is 16.2. The number of carbonyl (C=O) groups is 1. The van der Waals surface area contributed by atoms with Crippen LogP contribution >= 0.6 is 0 Å². The largest absolute Gasteiger partial charge is 0.322 e. The Morgan fingerprint density at radius 1 is 1.22 bits per heavy atom. The van der Waals surface area contributed by atoms with E-state index in [9.17, 15) is 4.79 Å². The molecule has 0 spiro atoms. The average Bonchev–Trinajstić information content (AvgIpc) is 3.33. The second-order valence-corrected chi connectivity index (χ2v) is 6.94. The monoisotopic (exact) mass is 361 g/mol. The molecule has 0 unspecified atom stereocenters. The number of hydrogen-bond donors (Lipinski definition) is 1. The molecule has 6 heteroatoms. The highest BCUT2D eigenvalue weighted by Crippen LogP contribution is 2.32. The molecule has 0 radical (unpaired) electrons. The number of urea groups is 1. The summed E-state index contributed by atoms with van der Waals surface area (Å²) >= 11 is 0. The fourth-order valence-electron chi connectivity index (χ4n) is 3.62. The topological polar surface area (TPSA) is 63.1 Å². The number of nitrogens with one attached hydrogen (secondary N) is 1. The normalized spacial score (nSPS) is 16.5. The first-order valence-corrected chi connectivity index (χ1v) is 9.21. The molecule has 1 saturated heterocycles. The molecule has 1 aromatic carbocycles. The van der Waals surface area contributed by atoms with Crippen molar-refractivity contribution in [3.05, 3.63) is 66.1 Å². The molecule has 27 heavy (non-hydrogen) atoms. The summed E-state index contributed by atoms with van der Waals surface area (Å²) in [4.78, 5) is 19.2. The summed E-state index contributed by atoms with van der Waals surface area (Å²) < 4.78 is 1.78. The summed E-state index contributed by atoms with van der Waals surface area (Å²) in [6.07, 6.45) is 5.63. The summed E-state index contributed by atoms with van der Waals surface area (Å²) in [5, 5.41) is 7.54. The lowest BCUT2D eigenvalue weighted by atomic mass is 10.0. The molecule has 6 nitrogen and oxygen atoms in total. The number of aryl methyl sites for hydroxylation is 2. The third-order valence-electron chi connectivity index (χ3n) is 5.02. The van der Waals surface area contributed by atoms with Gasteiger partial charge in [0.2, 0.25) is 0 Å². The molecule has 2 aromatic heterocycles. The number of aromatic nitrogens is 3. The molecule has 138 valence electrons. The second kappa shape index (κ2) is 7.23. The number of hydrogen-bond acceptors (Lipinski definition) is 3. The third-order valence-corrected chi connectivity index (χ3v) is 5.02. The van der Waals surface area contributed by atoms with Crippen LogP contribution in [-0.4, -0.2) is 32.2 Å². The van der Waals surface area contributed by atoms with Gasteiger partial charge in [0.15, 0.2) is 0 Å². The second-order valence-electron chi connectivity index (χ2n) is 6.94. The lowest BCUT2D eigenvalue weighted by Crippen LogP contribution is -2.34. The lowest BCUT2D eigenvalue weighted by molar-refractivity contribution is 0.206. The SMILES string of the molecule is Cc1ccc(NC(=O)N2CCC[C@@H]2c2ccn(C)n2)cc1-c1ccccn1. The Balaban J connectivity index is 1.54. The molecule has 0 bridgehead atoms. The molecule has 1 aliphatic heterocycles. The number of anilines is 1. The Kier molecular flexibility index (Phi) is 4.62. The molecule has 1 aliphatic rings. The number of amides is 2. The fourth-order valence-corrected chi connectivity index (χ4v) is 3.62. The van der Waals surface area contributed by atoms with Gasteiger partial charge in [-0.15, -0.1) is 0 Å². The Hall–Kier alpha value is -3.15. The summed E-state index contributed by atoms with van der Waals surface area (Å²) in [5.74, 6) is 0. The van der Waals surface area contributed by atoms with Gasteiger partial charge in [0.1, 0.15) is 0 Å². The van der Waals surface area contributed by atoms with Gasteiger partial charge in [0.05, 0.1) is 17.4 Å². The third kappa shape index (κ3) is 3.56. The Morgan fingerprint density at radius 2 is 2.11 bits per heavy atom. The van der Waals surface area contributed by atoms with Gasteiger partial charge >= 0.3 is 6.03 Å². The van der Waals surface area contributed by atoms with E-state index in [1.54, 1.807) is 10.9 Å². The van der Waals surface area contributed by atoms with Crippen molar-refractivity contribution >= 4 is 11.7 Å². The van der Waals surface area contributed by atoms with Crippen LogP contribution in [0.5, 0.6) is 0 Å². The van der Waals surface area contributed by atoms with Crippen molar-refractivity contribution in [2.45, 2.75) is 25.8 Å². The van der Waals surface area contributed by atoms with E-state index in [-0.39, 0.29) is 12.1 Å². The van der Waals surface area contributed by atoms with E-state index >= 15 is 0 Å². The van der Waals surface area contributed by atoms with E-state index < -0.39 is 0 Å². The maximum Gasteiger partial charge on any atom is 0.322 e. The van der Waals surface area contributed by atoms with E-state index in [0.29, 0.717) is 0 Å². The minimum absolute atomic E-state index is 0.0342. The molecule has 4 rings (SSSR count). The fraction of sp³-hybridized carbons (Fsp3) is 0.286. The Labute approximate surface area is 158 Å². The zero-order chi connectivity index (χ0) is 18.8. The van der Waals surface area contributed by atoms with E-state index in [0.717, 1.165) is 47.6 Å². The predicted molar refractivity (Wildman–Crippen MR) is 105 cm³/mol. The first-order chi connectivity index (χ1) is 13.1. The number of rotatable bonds is 3. The molecular weight excluding hydrogens is 338 g/mol. The van der Waals surface area contributed by atoms with Gasteiger partial charge < -0.3 is 10.2 Å².